The van der Waals surface area contributed by atoms with Crippen LogP contribution in [0.3, 0.4) is 0 Å². The van der Waals surface area contributed by atoms with E-state index in [1.165, 1.54) is 11.1 Å². The molecule has 2 aromatic heterocycles. The summed E-state index contributed by atoms with van der Waals surface area (Å²) in [6.07, 6.45) is 5.24. The number of nitrogens with one attached hydrogen (secondary N) is 1. The van der Waals surface area contributed by atoms with Crippen LogP contribution in [0.25, 0.3) is 0 Å². The predicted octanol–water partition coefficient (Wildman–Crippen LogP) is 3.00. The van der Waals surface area contributed by atoms with E-state index < -0.39 is 17.8 Å². The van der Waals surface area contributed by atoms with Gasteiger partial charge < -0.3 is 14.8 Å². The van der Waals surface area contributed by atoms with Gasteiger partial charge in [0, 0.05) is 25.0 Å². The van der Waals surface area contributed by atoms with E-state index in [0.29, 0.717) is 25.3 Å². The highest BCUT2D eigenvalue weighted by atomic mass is 19.3. The molecule has 0 spiro atoms. The van der Waals surface area contributed by atoms with Crippen molar-refractivity contribution in [2.24, 2.45) is 16.8 Å². The summed E-state index contributed by atoms with van der Waals surface area (Å²) < 4.78 is 28.8. The first-order valence-electron chi connectivity index (χ1n) is 11.5. The maximum atomic E-state index is 13.5. The van der Waals surface area contributed by atoms with Gasteiger partial charge in [0.1, 0.15) is 11.5 Å². The number of imidazole rings is 1. The maximum absolute atomic E-state index is 13.5. The van der Waals surface area contributed by atoms with Crippen LogP contribution in [0.4, 0.5) is 14.6 Å². The molecule has 6 rings (SSSR count). The van der Waals surface area contributed by atoms with Crippen molar-refractivity contribution in [2.75, 3.05) is 24.5 Å². The molecule has 33 heavy (non-hydrogen) atoms. The zero-order valence-corrected chi connectivity index (χ0v) is 18.7. The second kappa shape index (κ2) is 7.20. The number of carbonyl (C=O) groups excluding carboxylic acids is 1. The van der Waals surface area contributed by atoms with E-state index in [1.54, 1.807) is 12.5 Å². The summed E-state index contributed by atoms with van der Waals surface area (Å²) in [5.41, 5.74) is 5.86. The van der Waals surface area contributed by atoms with Gasteiger partial charge in [-0.05, 0) is 49.5 Å². The van der Waals surface area contributed by atoms with Crippen LogP contribution in [-0.2, 0) is 6.54 Å². The van der Waals surface area contributed by atoms with Crippen LogP contribution >= 0.6 is 0 Å². The van der Waals surface area contributed by atoms with Crippen LogP contribution < -0.4 is 10.2 Å². The fourth-order valence-electron chi connectivity index (χ4n) is 5.45. The Bertz CT molecular complexity index is 1200. The molecule has 0 aromatic carbocycles. The summed E-state index contributed by atoms with van der Waals surface area (Å²) in [6, 6.07) is 3.84. The van der Waals surface area contributed by atoms with Crippen molar-refractivity contribution in [3.05, 3.63) is 52.8 Å². The number of anilines is 1. The molecule has 2 aromatic rings. The second-order valence-corrected chi connectivity index (χ2v) is 9.66. The Morgan fingerprint density at radius 1 is 1.24 bits per heavy atom. The number of fused-ring (bicyclic) bond motifs is 2. The lowest BCUT2D eigenvalue weighted by molar-refractivity contribution is 0.0796. The molecule has 3 fully saturated rings. The Kier molecular flexibility index (Phi) is 4.47. The molecule has 2 aliphatic heterocycles. The number of nitrogens with zero attached hydrogens (tertiary/aromatic N) is 5. The lowest BCUT2D eigenvalue weighted by Crippen LogP contribution is -2.37. The lowest BCUT2D eigenvalue weighted by atomic mass is 10.1. The van der Waals surface area contributed by atoms with Gasteiger partial charge in [-0.25, -0.2) is 18.7 Å². The molecule has 3 atom stereocenters. The molecular weight excluding hydrogens is 426 g/mol. The second-order valence-electron chi connectivity index (χ2n) is 9.66. The summed E-state index contributed by atoms with van der Waals surface area (Å²) in [5, 5.41) is 3.08. The lowest BCUT2D eigenvalue weighted by Gasteiger charge is -2.21. The zero-order chi connectivity index (χ0) is 22.9. The van der Waals surface area contributed by atoms with Crippen LogP contribution in [-0.4, -0.2) is 57.8 Å². The number of halogens is 2. The first-order valence-corrected chi connectivity index (χ1v) is 11.5. The molecule has 2 unspecified atom stereocenters. The van der Waals surface area contributed by atoms with Gasteiger partial charge in [-0.3, -0.25) is 9.79 Å². The van der Waals surface area contributed by atoms with Gasteiger partial charge in [-0.1, -0.05) is 6.07 Å². The number of aryl methyl sites for hydroxylation is 1. The van der Waals surface area contributed by atoms with Gasteiger partial charge in [0.15, 0.2) is 0 Å². The first kappa shape index (κ1) is 20.5. The Labute approximate surface area is 190 Å². The van der Waals surface area contributed by atoms with E-state index in [9.17, 15) is 13.6 Å². The van der Waals surface area contributed by atoms with E-state index in [4.69, 9.17) is 0 Å². The van der Waals surface area contributed by atoms with Crippen molar-refractivity contribution in [3.63, 3.8) is 0 Å². The average Bonchev–Trinajstić information content (AvgIpc) is 3.41. The first-order chi connectivity index (χ1) is 15.8. The standard InChI is InChI=1S/C24H26F2N6O/c1-13-7-27-22-16(13)4-5-19(22)30-23(33)20-11-31(12-28-20)8-15-3-6-21(29-14(15)2)32-9-17-18(10-32)24(17,25)26/h3,6,11-12,17-19H,4-5,7-10H2,1-2H3,(H,30,33)/t17?,18?,19-/m1/s1. The number of hydrogen-bond donors (Lipinski definition) is 1. The smallest absolute Gasteiger partial charge is 0.272 e. The number of amides is 1. The molecule has 172 valence electrons. The molecule has 9 heteroatoms. The van der Waals surface area contributed by atoms with Gasteiger partial charge in [0.2, 0.25) is 0 Å². The van der Waals surface area contributed by atoms with Crippen LogP contribution in [0.2, 0.25) is 0 Å². The summed E-state index contributed by atoms with van der Waals surface area (Å²) in [5.74, 6) is -2.98. The molecule has 2 aliphatic carbocycles. The Hall–Kier alpha value is -3.10. The van der Waals surface area contributed by atoms with Crippen LogP contribution in [0.1, 0.15) is 41.5 Å². The number of alkyl halides is 2. The highest BCUT2D eigenvalue weighted by Crippen LogP contribution is 2.59. The zero-order valence-electron chi connectivity index (χ0n) is 18.7. The Morgan fingerprint density at radius 3 is 2.79 bits per heavy atom. The quantitative estimate of drug-likeness (QED) is 0.757. The fraction of sp³-hybridized carbons (Fsp3) is 0.500. The van der Waals surface area contributed by atoms with Gasteiger partial charge >= 0.3 is 0 Å². The molecule has 0 bridgehead atoms. The van der Waals surface area contributed by atoms with Crippen molar-refractivity contribution >= 4 is 17.4 Å². The summed E-state index contributed by atoms with van der Waals surface area (Å²) in [4.78, 5) is 28.2. The van der Waals surface area contributed by atoms with E-state index in [-0.39, 0.29) is 11.9 Å². The number of carbonyl (C=O) groups is 1. The van der Waals surface area contributed by atoms with Gasteiger partial charge in [-0.15, -0.1) is 0 Å². The summed E-state index contributed by atoms with van der Waals surface area (Å²) in [6.45, 7) is 6.03. The normalized spacial score (nSPS) is 27.0. The fourth-order valence-corrected chi connectivity index (χ4v) is 5.45. The van der Waals surface area contributed by atoms with E-state index in [2.05, 4.69) is 27.2 Å². The average molecular weight is 453 g/mol. The van der Waals surface area contributed by atoms with E-state index in [0.717, 1.165) is 42.2 Å². The number of pyridine rings is 1. The predicted molar refractivity (Wildman–Crippen MR) is 120 cm³/mol. The highest BCUT2D eigenvalue weighted by Gasteiger charge is 2.71. The van der Waals surface area contributed by atoms with E-state index in [1.807, 2.05) is 28.5 Å². The van der Waals surface area contributed by atoms with Crippen molar-refractivity contribution in [2.45, 2.75) is 45.2 Å². The van der Waals surface area contributed by atoms with Crippen molar-refractivity contribution in [1.29, 1.82) is 0 Å². The third-order valence-electron chi connectivity index (χ3n) is 7.55. The van der Waals surface area contributed by atoms with Crippen molar-refractivity contribution < 1.29 is 13.6 Å². The maximum Gasteiger partial charge on any atom is 0.272 e. The third-order valence-corrected chi connectivity index (χ3v) is 7.55. The summed E-state index contributed by atoms with van der Waals surface area (Å²) >= 11 is 0. The minimum absolute atomic E-state index is 0.0364. The van der Waals surface area contributed by atoms with Crippen LogP contribution in [0.5, 0.6) is 0 Å². The largest absolute Gasteiger partial charge is 0.356 e. The van der Waals surface area contributed by atoms with Crippen LogP contribution in [0, 0.1) is 18.8 Å². The topological polar surface area (TPSA) is 75.4 Å². The number of aliphatic imine (C=N–C) groups is 1. The number of hydrogen-bond acceptors (Lipinski definition) is 5. The van der Waals surface area contributed by atoms with Gasteiger partial charge in [0.25, 0.3) is 11.8 Å². The minimum atomic E-state index is -2.49. The molecule has 1 amide bonds. The molecular formula is C24H26F2N6O. The molecule has 4 aliphatic rings. The summed E-state index contributed by atoms with van der Waals surface area (Å²) in [7, 11) is 0. The monoisotopic (exact) mass is 452 g/mol. The van der Waals surface area contributed by atoms with Gasteiger partial charge in [0.05, 0.1) is 43.0 Å². The minimum Gasteiger partial charge on any atom is -0.356 e. The van der Waals surface area contributed by atoms with Gasteiger partial charge in [-0.2, -0.15) is 0 Å². The van der Waals surface area contributed by atoms with E-state index >= 15 is 0 Å². The highest BCUT2D eigenvalue weighted by molar-refractivity contribution is 6.10. The SMILES string of the molecule is CC1=C2CC[C@@H](NC(=O)c3cn(Cc4ccc(N5CC6C(C5)C6(F)F)nc4C)cn3)C2=NC1. The number of aromatic nitrogens is 3. The molecule has 7 nitrogen and oxygen atoms in total. The molecule has 4 heterocycles. The van der Waals surface area contributed by atoms with Crippen LogP contribution in [0.15, 0.2) is 40.8 Å². The molecule has 1 saturated heterocycles. The molecule has 0 radical (unpaired) electrons. The number of piperidine rings is 1. The third kappa shape index (κ3) is 3.36. The molecule has 1 N–H and O–H groups in total. The number of rotatable bonds is 5. The Balaban J connectivity index is 1.09. The van der Waals surface area contributed by atoms with Crippen molar-refractivity contribution in [3.8, 4) is 0 Å². The Morgan fingerprint density at radius 2 is 2.03 bits per heavy atom. The molecule has 2 saturated carbocycles. The van der Waals surface area contributed by atoms with Crippen molar-refractivity contribution in [1.82, 2.24) is 19.9 Å².